The standard InChI is InChI=1S/C17H23ClN6O/c1-21-7-9-22(10-8-21)16(25)13-3-2-6-23(11-13)17-20-19-15-5-4-14(18)12-24(15)17/h4-5,12-13H,2-3,6-11H2,1H3. The predicted octanol–water partition coefficient (Wildman–Crippen LogP) is 1.37. The summed E-state index contributed by atoms with van der Waals surface area (Å²) < 4.78 is 1.91. The lowest BCUT2D eigenvalue weighted by Gasteiger charge is -2.38. The summed E-state index contributed by atoms with van der Waals surface area (Å²) in [6.07, 6.45) is 3.76. The van der Waals surface area contributed by atoms with Gasteiger partial charge in [-0.3, -0.25) is 9.20 Å². The van der Waals surface area contributed by atoms with Crippen LogP contribution in [0.3, 0.4) is 0 Å². The molecule has 2 fully saturated rings. The second-order valence-corrected chi connectivity index (χ2v) is 7.43. The van der Waals surface area contributed by atoms with Crippen LogP contribution in [0.4, 0.5) is 5.95 Å². The molecule has 4 rings (SSSR count). The van der Waals surface area contributed by atoms with Gasteiger partial charge in [-0.15, -0.1) is 10.2 Å². The normalized spacial score (nSPS) is 22.6. The van der Waals surface area contributed by atoms with Crippen LogP contribution in [0.5, 0.6) is 0 Å². The molecule has 1 amide bonds. The number of piperazine rings is 1. The molecule has 0 aliphatic carbocycles. The number of amides is 1. The second-order valence-electron chi connectivity index (χ2n) is 6.99. The van der Waals surface area contributed by atoms with Gasteiger partial charge in [0.1, 0.15) is 0 Å². The number of carbonyl (C=O) groups is 1. The molecule has 134 valence electrons. The van der Waals surface area contributed by atoms with Crippen LogP contribution < -0.4 is 4.90 Å². The number of hydrogen-bond acceptors (Lipinski definition) is 5. The molecule has 0 aromatic carbocycles. The molecule has 0 bridgehead atoms. The maximum atomic E-state index is 12.9. The number of pyridine rings is 1. The number of fused-ring (bicyclic) bond motifs is 1. The van der Waals surface area contributed by atoms with E-state index in [-0.39, 0.29) is 11.8 Å². The van der Waals surface area contributed by atoms with E-state index in [0.29, 0.717) is 11.6 Å². The Morgan fingerprint density at radius 1 is 1.16 bits per heavy atom. The lowest BCUT2D eigenvalue weighted by molar-refractivity contribution is -0.137. The number of hydrogen-bond donors (Lipinski definition) is 0. The Morgan fingerprint density at radius 2 is 1.96 bits per heavy atom. The highest BCUT2D eigenvalue weighted by Crippen LogP contribution is 2.25. The van der Waals surface area contributed by atoms with Crippen molar-refractivity contribution in [1.29, 1.82) is 0 Å². The summed E-state index contributed by atoms with van der Waals surface area (Å²) in [6.45, 7) is 5.15. The fourth-order valence-corrected chi connectivity index (χ4v) is 3.87. The van der Waals surface area contributed by atoms with Crippen LogP contribution >= 0.6 is 11.6 Å². The molecule has 0 spiro atoms. The van der Waals surface area contributed by atoms with Gasteiger partial charge in [0.05, 0.1) is 10.9 Å². The van der Waals surface area contributed by atoms with Crippen molar-refractivity contribution in [2.24, 2.45) is 5.92 Å². The highest BCUT2D eigenvalue weighted by atomic mass is 35.5. The fourth-order valence-electron chi connectivity index (χ4n) is 3.71. The summed E-state index contributed by atoms with van der Waals surface area (Å²) in [5.74, 6) is 1.08. The first kappa shape index (κ1) is 16.6. The van der Waals surface area contributed by atoms with Crippen molar-refractivity contribution in [2.45, 2.75) is 12.8 Å². The summed E-state index contributed by atoms with van der Waals surface area (Å²) in [7, 11) is 2.10. The van der Waals surface area contributed by atoms with E-state index < -0.39 is 0 Å². The summed E-state index contributed by atoms with van der Waals surface area (Å²) in [6, 6.07) is 3.67. The highest BCUT2D eigenvalue weighted by Gasteiger charge is 2.32. The quantitative estimate of drug-likeness (QED) is 0.807. The maximum absolute atomic E-state index is 12.9. The van der Waals surface area contributed by atoms with Crippen LogP contribution in [0.1, 0.15) is 12.8 Å². The molecule has 2 saturated heterocycles. The van der Waals surface area contributed by atoms with Crippen LogP contribution in [0.15, 0.2) is 18.3 Å². The van der Waals surface area contributed by atoms with Gasteiger partial charge in [-0.25, -0.2) is 0 Å². The molecule has 4 heterocycles. The number of nitrogens with zero attached hydrogens (tertiary/aromatic N) is 6. The minimum absolute atomic E-state index is 0.0312. The number of halogens is 1. The van der Waals surface area contributed by atoms with E-state index in [9.17, 15) is 4.79 Å². The molecule has 2 aromatic heterocycles. The molecular weight excluding hydrogens is 340 g/mol. The Labute approximate surface area is 152 Å². The van der Waals surface area contributed by atoms with Gasteiger partial charge in [-0.2, -0.15) is 0 Å². The third-order valence-electron chi connectivity index (χ3n) is 5.22. The van der Waals surface area contributed by atoms with Gasteiger partial charge in [-0.1, -0.05) is 11.6 Å². The van der Waals surface area contributed by atoms with Crippen molar-refractivity contribution >= 4 is 29.1 Å². The third-order valence-corrected chi connectivity index (χ3v) is 5.44. The first-order valence-electron chi connectivity index (χ1n) is 8.84. The van der Waals surface area contributed by atoms with Crippen LogP contribution in [-0.2, 0) is 4.79 Å². The van der Waals surface area contributed by atoms with Gasteiger partial charge >= 0.3 is 0 Å². The van der Waals surface area contributed by atoms with E-state index in [1.165, 1.54) is 0 Å². The van der Waals surface area contributed by atoms with Crippen molar-refractivity contribution in [3.8, 4) is 0 Å². The van der Waals surface area contributed by atoms with Crippen molar-refractivity contribution in [1.82, 2.24) is 24.4 Å². The molecule has 7 nitrogen and oxygen atoms in total. The number of anilines is 1. The van der Waals surface area contributed by atoms with Crippen LogP contribution in [0, 0.1) is 5.92 Å². The fraction of sp³-hybridized carbons (Fsp3) is 0.588. The van der Waals surface area contributed by atoms with E-state index in [1.54, 1.807) is 0 Å². The van der Waals surface area contributed by atoms with E-state index in [1.807, 2.05) is 27.6 Å². The highest BCUT2D eigenvalue weighted by molar-refractivity contribution is 6.30. The Morgan fingerprint density at radius 3 is 2.76 bits per heavy atom. The molecule has 0 radical (unpaired) electrons. The topological polar surface area (TPSA) is 57.0 Å². The van der Waals surface area contributed by atoms with Crippen LogP contribution in [-0.4, -0.2) is 76.6 Å². The largest absolute Gasteiger partial charge is 0.340 e. The van der Waals surface area contributed by atoms with Gasteiger partial charge in [0.2, 0.25) is 11.9 Å². The summed E-state index contributed by atoms with van der Waals surface area (Å²) in [4.78, 5) is 19.4. The number of carbonyl (C=O) groups excluding carboxylic acids is 1. The van der Waals surface area contributed by atoms with Crippen LogP contribution in [0.2, 0.25) is 5.02 Å². The van der Waals surface area contributed by atoms with Gasteiger partial charge in [0.25, 0.3) is 0 Å². The van der Waals surface area contributed by atoms with Gasteiger partial charge < -0.3 is 14.7 Å². The third kappa shape index (κ3) is 3.30. The van der Waals surface area contributed by atoms with E-state index in [0.717, 1.165) is 57.2 Å². The zero-order valence-corrected chi connectivity index (χ0v) is 15.2. The van der Waals surface area contributed by atoms with Gasteiger partial charge in [0, 0.05) is 45.5 Å². The molecule has 2 aromatic rings. The van der Waals surface area contributed by atoms with Gasteiger partial charge in [0.15, 0.2) is 5.65 Å². The SMILES string of the molecule is CN1CCN(C(=O)C2CCCN(c3nnc4ccc(Cl)cn34)C2)CC1. The molecule has 8 heteroatoms. The van der Waals surface area contributed by atoms with Crippen molar-refractivity contribution in [3.05, 3.63) is 23.4 Å². The molecule has 0 saturated carbocycles. The average molecular weight is 363 g/mol. The molecule has 2 aliphatic heterocycles. The van der Waals surface area contributed by atoms with Crippen LogP contribution in [0.25, 0.3) is 5.65 Å². The summed E-state index contributed by atoms with van der Waals surface area (Å²) in [5.41, 5.74) is 0.770. The lowest BCUT2D eigenvalue weighted by Crippen LogP contribution is -2.51. The number of aromatic nitrogens is 3. The second kappa shape index (κ2) is 6.80. The van der Waals surface area contributed by atoms with E-state index in [4.69, 9.17) is 11.6 Å². The average Bonchev–Trinajstić information content (AvgIpc) is 3.05. The molecule has 1 unspecified atom stereocenters. The minimum Gasteiger partial charge on any atom is -0.340 e. The smallest absolute Gasteiger partial charge is 0.231 e. The first-order valence-corrected chi connectivity index (χ1v) is 9.22. The Hall–Kier alpha value is -1.86. The Bertz CT molecular complexity index is 770. The van der Waals surface area contributed by atoms with Crippen molar-refractivity contribution < 1.29 is 4.79 Å². The summed E-state index contributed by atoms with van der Waals surface area (Å²) in [5, 5.41) is 9.19. The van der Waals surface area contributed by atoms with E-state index >= 15 is 0 Å². The molecular formula is C17H23ClN6O. The van der Waals surface area contributed by atoms with Gasteiger partial charge in [-0.05, 0) is 32.0 Å². The minimum atomic E-state index is 0.0312. The van der Waals surface area contributed by atoms with E-state index in [2.05, 4.69) is 27.0 Å². The lowest BCUT2D eigenvalue weighted by atomic mass is 9.96. The molecule has 0 N–H and O–H groups in total. The number of piperidine rings is 1. The monoisotopic (exact) mass is 362 g/mol. The zero-order valence-electron chi connectivity index (χ0n) is 14.4. The van der Waals surface area contributed by atoms with Crippen molar-refractivity contribution in [3.63, 3.8) is 0 Å². The zero-order chi connectivity index (χ0) is 17.4. The number of rotatable bonds is 2. The molecule has 1 atom stereocenters. The first-order chi connectivity index (χ1) is 12.1. The maximum Gasteiger partial charge on any atom is 0.231 e. The molecule has 2 aliphatic rings. The predicted molar refractivity (Wildman–Crippen MR) is 97.0 cm³/mol. The summed E-state index contributed by atoms with van der Waals surface area (Å²) >= 11 is 6.12. The number of likely N-dealkylation sites (N-methyl/N-ethyl adjacent to an activating group) is 1. The Balaban J connectivity index is 1.50. The Kier molecular flexibility index (Phi) is 4.52. The van der Waals surface area contributed by atoms with Crippen molar-refractivity contribution in [2.75, 3.05) is 51.2 Å². The molecule has 25 heavy (non-hydrogen) atoms.